The minimum atomic E-state index is -0.514. The van der Waals surface area contributed by atoms with Gasteiger partial charge in [0.15, 0.2) is 6.61 Å². The zero-order chi connectivity index (χ0) is 20.8. The summed E-state index contributed by atoms with van der Waals surface area (Å²) in [4.78, 5) is 25.8. The van der Waals surface area contributed by atoms with Crippen molar-refractivity contribution in [1.29, 1.82) is 0 Å². The Morgan fingerprint density at radius 1 is 0.966 bits per heavy atom. The van der Waals surface area contributed by atoms with E-state index in [1.807, 2.05) is 49.4 Å². The first-order valence-electron chi connectivity index (χ1n) is 8.87. The Kier molecular flexibility index (Phi) is 6.51. The van der Waals surface area contributed by atoms with Gasteiger partial charge < -0.3 is 19.5 Å². The van der Waals surface area contributed by atoms with Gasteiger partial charge in [-0.1, -0.05) is 30.3 Å². The van der Waals surface area contributed by atoms with Crippen molar-refractivity contribution < 1.29 is 23.8 Å². The second-order valence-corrected chi connectivity index (χ2v) is 7.33. The second-order valence-electron chi connectivity index (χ2n) is 6.11. The molecule has 0 aliphatic carbocycles. The molecule has 0 saturated carbocycles. The topological polar surface area (TPSA) is 73.9 Å². The molecule has 0 atom stereocenters. The maximum absolute atomic E-state index is 12.5. The molecule has 1 amide bonds. The van der Waals surface area contributed by atoms with Gasteiger partial charge in [-0.05, 0) is 36.8 Å². The number of hydrogen-bond donors (Lipinski definition) is 1. The molecule has 1 aromatic heterocycles. The number of benzene rings is 2. The molecule has 0 aliphatic heterocycles. The molecule has 7 heteroatoms. The van der Waals surface area contributed by atoms with E-state index in [1.165, 1.54) is 18.4 Å². The smallest absolute Gasteiger partial charge is 0.341 e. The zero-order valence-corrected chi connectivity index (χ0v) is 17.2. The first-order valence-corrected chi connectivity index (χ1v) is 9.69. The molecule has 150 valence electrons. The van der Waals surface area contributed by atoms with Crippen LogP contribution in [0.5, 0.6) is 11.5 Å². The Labute approximate surface area is 173 Å². The Morgan fingerprint density at radius 2 is 1.66 bits per heavy atom. The predicted molar refractivity (Wildman–Crippen MR) is 113 cm³/mol. The summed E-state index contributed by atoms with van der Waals surface area (Å²) < 4.78 is 15.6. The monoisotopic (exact) mass is 411 g/mol. The van der Waals surface area contributed by atoms with E-state index < -0.39 is 5.97 Å². The molecular weight excluding hydrogens is 390 g/mol. The summed E-state index contributed by atoms with van der Waals surface area (Å²) in [6.07, 6.45) is 0. The molecule has 0 unspecified atom stereocenters. The largest absolute Gasteiger partial charge is 0.497 e. The fourth-order valence-corrected chi connectivity index (χ4v) is 3.94. The number of nitrogens with one attached hydrogen (secondary N) is 1. The van der Waals surface area contributed by atoms with Gasteiger partial charge in [-0.15, -0.1) is 11.3 Å². The van der Waals surface area contributed by atoms with Gasteiger partial charge in [-0.2, -0.15) is 0 Å². The van der Waals surface area contributed by atoms with Crippen molar-refractivity contribution >= 4 is 28.2 Å². The molecule has 29 heavy (non-hydrogen) atoms. The number of thiophene rings is 1. The molecular formula is C22H21NO5S. The minimum absolute atomic E-state index is 0.167. The van der Waals surface area contributed by atoms with Crippen molar-refractivity contribution in [3.05, 3.63) is 65.0 Å². The number of esters is 1. The van der Waals surface area contributed by atoms with Crippen molar-refractivity contribution in [2.24, 2.45) is 0 Å². The summed E-state index contributed by atoms with van der Waals surface area (Å²) in [5.41, 5.74) is 1.89. The fraction of sp³-hybridized carbons (Fsp3) is 0.182. The highest BCUT2D eigenvalue weighted by atomic mass is 32.1. The highest BCUT2D eigenvalue weighted by Crippen LogP contribution is 2.40. The van der Waals surface area contributed by atoms with Gasteiger partial charge in [0.2, 0.25) is 0 Å². The number of carbonyl (C=O) groups excluding carboxylic acids is 2. The number of para-hydroxylation sites is 1. The van der Waals surface area contributed by atoms with Gasteiger partial charge >= 0.3 is 5.97 Å². The number of carbonyl (C=O) groups is 2. The van der Waals surface area contributed by atoms with Crippen LogP contribution in [0, 0.1) is 6.92 Å². The van der Waals surface area contributed by atoms with Crippen LogP contribution < -0.4 is 14.8 Å². The number of ether oxygens (including phenoxy) is 3. The average molecular weight is 411 g/mol. The molecule has 0 spiro atoms. The third-order valence-electron chi connectivity index (χ3n) is 4.22. The van der Waals surface area contributed by atoms with E-state index in [0.717, 1.165) is 16.0 Å². The Balaban J connectivity index is 1.86. The van der Waals surface area contributed by atoms with Gasteiger partial charge in [0.25, 0.3) is 5.91 Å². The SMILES string of the molecule is COC(=O)c1c(NC(=O)COc2ccccc2)sc(C)c1-c1ccc(OC)cc1. The number of aryl methyl sites for hydroxylation is 1. The summed E-state index contributed by atoms with van der Waals surface area (Å²) in [5.74, 6) is 0.436. The van der Waals surface area contributed by atoms with Crippen LogP contribution in [0.1, 0.15) is 15.2 Å². The molecule has 0 saturated heterocycles. The summed E-state index contributed by atoms with van der Waals surface area (Å²) in [7, 11) is 2.91. The van der Waals surface area contributed by atoms with Crippen LogP contribution in [0.3, 0.4) is 0 Å². The van der Waals surface area contributed by atoms with E-state index in [2.05, 4.69) is 5.32 Å². The molecule has 1 heterocycles. The normalized spacial score (nSPS) is 10.3. The van der Waals surface area contributed by atoms with Crippen LogP contribution in [0.4, 0.5) is 5.00 Å². The first-order chi connectivity index (χ1) is 14.0. The van der Waals surface area contributed by atoms with Gasteiger partial charge in [0, 0.05) is 10.4 Å². The van der Waals surface area contributed by atoms with Crippen molar-refractivity contribution in [1.82, 2.24) is 0 Å². The van der Waals surface area contributed by atoms with E-state index in [4.69, 9.17) is 14.2 Å². The summed E-state index contributed by atoms with van der Waals surface area (Å²) in [6.45, 7) is 1.73. The predicted octanol–water partition coefficient (Wildman–Crippen LogP) is 4.54. The lowest BCUT2D eigenvalue weighted by Crippen LogP contribution is -2.21. The van der Waals surface area contributed by atoms with E-state index in [1.54, 1.807) is 19.2 Å². The zero-order valence-electron chi connectivity index (χ0n) is 16.4. The van der Waals surface area contributed by atoms with E-state index >= 15 is 0 Å². The van der Waals surface area contributed by atoms with Crippen LogP contribution in [-0.4, -0.2) is 32.7 Å². The maximum Gasteiger partial charge on any atom is 0.341 e. The molecule has 0 fully saturated rings. The molecule has 0 radical (unpaired) electrons. The van der Waals surface area contributed by atoms with Crippen molar-refractivity contribution in [2.75, 3.05) is 26.1 Å². The number of rotatable bonds is 7. The fourth-order valence-electron chi connectivity index (χ4n) is 2.86. The van der Waals surface area contributed by atoms with Gasteiger partial charge in [0.1, 0.15) is 22.1 Å². The third kappa shape index (κ3) is 4.75. The van der Waals surface area contributed by atoms with Gasteiger partial charge in [-0.25, -0.2) is 4.79 Å². The number of methoxy groups -OCH3 is 2. The van der Waals surface area contributed by atoms with E-state index in [0.29, 0.717) is 22.1 Å². The molecule has 0 bridgehead atoms. The highest BCUT2D eigenvalue weighted by Gasteiger charge is 2.25. The highest BCUT2D eigenvalue weighted by molar-refractivity contribution is 7.17. The van der Waals surface area contributed by atoms with Crippen LogP contribution in [0.15, 0.2) is 54.6 Å². The summed E-state index contributed by atoms with van der Waals surface area (Å²) in [5, 5.41) is 3.21. The summed E-state index contributed by atoms with van der Waals surface area (Å²) >= 11 is 1.32. The Bertz CT molecular complexity index is 996. The molecule has 1 N–H and O–H groups in total. The van der Waals surface area contributed by atoms with Gasteiger partial charge in [-0.3, -0.25) is 4.79 Å². The lowest BCUT2D eigenvalue weighted by atomic mass is 10.0. The van der Waals surface area contributed by atoms with Crippen LogP contribution in [-0.2, 0) is 9.53 Å². The van der Waals surface area contributed by atoms with E-state index in [-0.39, 0.29) is 12.5 Å². The van der Waals surface area contributed by atoms with Crippen molar-refractivity contribution in [3.8, 4) is 22.6 Å². The molecule has 0 aliphatic rings. The third-order valence-corrected chi connectivity index (χ3v) is 5.24. The average Bonchev–Trinajstić information content (AvgIpc) is 3.08. The number of anilines is 1. The molecule has 3 rings (SSSR count). The maximum atomic E-state index is 12.5. The number of hydrogen-bond acceptors (Lipinski definition) is 6. The van der Waals surface area contributed by atoms with Crippen molar-refractivity contribution in [3.63, 3.8) is 0 Å². The van der Waals surface area contributed by atoms with E-state index in [9.17, 15) is 9.59 Å². The number of amides is 1. The standard InChI is InChI=1S/C22H21NO5S/c1-14-19(15-9-11-16(26-2)12-10-15)20(22(25)27-3)21(29-14)23-18(24)13-28-17-7-5-4-6-8-17/h4-12H,13H2,1-3H3,(H,23,24). The van der Waals surface area contributed by atoms with Crippen molar-refractivity contribution in [2.45, 2.75) is 6.92 Å². The second kappa shape index (κ2) is 9.25. The quantitative estimate of drug-likeness (QED) is 0.578. The lowest BCUT2D eigenvalue weighted by Gasteiger charge is -2.09. The Morgan fingerprint density at radius 3 is 2.28 bits per heavy atom. The first kappa shape index (κ1) is 20.4. The van der Waals surface area contributed by atoms with Crippen LogP contribution in [0.2, 0.25) is 0 Å². The van der Waals surface area contributed by atoms with Gasteiger partial charge in [0.05, 0.1) is 14.2 Å². The van der Waals surface area contributed by atoms with Crippen LogP contribution in [0.25, 0.3) is 11.1 Å². The molecule has 3 aromatic rings. The molecule has 6 nitrogen and oxygen atoms in total. The molecule has 2 aromatic carbocycles. The van der Waals surface area contributed by atoms with Crippen LogP contribution >= 0.6 is 11.3 Å². The lowest BCUT2D eigenvalue weighted by molar-refractivity contribution is -0.118. The minimum Gasteiger partial charge on any atom is -0.497 e. The summed E-state index contributed by atoms with van der Waals surface area (Å²) in [6, 6.07) is 16.4. The Hall–Kier alpha value is -3.32.